The Labute approximate surface area is 176 Å². The molecule has 1 saturated heterocycles. The summed E-state index contributed by atoms with van der Waals surface area (Å²) in [4.78, 5) is 18.4. The topological polar surface area (TPSA) is 44.8 Å². The van der Waals surface area contributed by atoms with Gasteiger partial charge in [-0.3, -0.25) is 4.79 Å². The van der Waals surface area contributed by atoms with Crippen LogP contribution in [-0.4, -0.2) is 56.4 Å². The molecule has 0 aliphatic carbocycles. The predicted octanol–water partition coefficient (Wildman–Crippen LogP) is 4.22. The minimum Gasteiger partial charge on any atom is -0.497 e. The molecule has 5 nitrogen and oxygen atoms in total. The van der Waals surface area contributed by atoms with Crippen molar-refractivity contribution in [2.24, 2.45) is 0 Å². The van der Waals surface area contributed by atoms with Crippen LogP contribution in [-0.2, 0) is 4.79 Å². The second-order valence-electron chi connectivity index (χ2n) is 6.88. The van der Waals surface area contributed by atoms with Gasteiger partial charge in [0.05, 0.1) is 23.7 Å². The van der Waals surface area contributed by atoms with Crippen LogP contribution in [0.2, 0.25) is 5.02 Å². The molecule has 2 aromatic carbocycles. The first-order chi connectivity index (χ1) is 13.5. The van der Waals surface area contributed by atoms with Crippen LogP contribution < -0.4 is 15.0 Å². The summed E-state index contributed by atoms with van der Waals surface area (Å²) in [6.45, 7) is 5.76. The number of thioether (sulfide) groups is 1. The van der Waals surface area contributed by atoms with E-state index in [4.69, 9.17) is 16.3 Å². The number of nitrogens with one attached hydrogen (secondary N) is 1. The lowest BCUT2D eigenvalue weighted by Gasteiger charge is -2.35. The molecule has 2 aromatic rings. The summed E-state index contributed by atoms with van der Waals surface area (Å²) in [5.41, 5.74) is 1.79. The van der Waals surface area contributed by atoms with E-state index in [1.165, 1.54) is 11.8 Å². The molecule has 150 valence electrons. The number of halogens is 1. The number of nitrogens with zero attached hydrogens (tertiary/aromatic N) is 2. The molecular weight excluding hydrogens is 394 g/mol. The highest BCUT2D eigenvalue weighted by Gasteiger charge is 2.20. The Kier molecular flexibility index (Phi) is 7.10. The summed E-state index contributed by atoms with van der Waals surface area (Å²) < 4.78 is 5.18. The van der Waals surface area contributed by atoms with Crippen LogP contribution in [0.5, 0.6) is 5.75 Å². The summed E-state index contributed by atoms with van der Waals surface area (Å²) in [5, 5.41) is 3.45. The highest BCUT2D eigenvalue weighted by atomic mass is 35.5. The van der Waals surface area contributed by atoms with Gasteiger partial charge in [0, 0.05) is 36.1 Å². The molecule has 7 heteroatoms. The molecule has 1 aliphatic rings. The van der Waals surface area contributed by atoms with Crippen molar-refractivity contribution in [1.29, 1.82) is 0 Å². The monoisotopic (exact) mass is 419 g/mol. The molecule has 1 fully saturated rings. The van der Waals surface area contributed by atoms with E-state index in [1.807, 2.05) is 49.4 Å². The molecule has 3 rings (SSSR count). The van der Waals surface area contributed by atoms with E-state index in [9.17, 15) is 4.79 Å². The van der Waals surface area contributed by atoms with Crippen LogP contribution in [0, 0.1) is 0 Å². The van der Waals surface area contributed by atoms with Crippen LogP contribution in [0.15, 0.2) is 47.4 Å². The normalized spacial score (nSPS) is 15.9. The minimum absolute atomic E-state index is 0.0431. The number of carbonyl (C=O) groups excluding carboxylic acids is 1. The SMILES string of the molecule is COc1ccc(SC(C)C(=O)Nc2cc(Cl)ccc2N2CCN(C)CC2)cc1. The van der Waals surface area contributed by atoms with Crippen LogP contribution in [0.25, 0.3) is 0 Å². The second kappa shape index (κ2) is 9.54. The van der Waals surface area contributed by atoms with Crippen molar-refractivity contribution in [1.82, 2.24) is 4.90 Å². The van der Waals surface area contributed by atoms with Crippen LogP contribution in [0.1, 0.15) is 6.92 Å². The molecule has 28 heavy (non-hydrogen) atoms. The molecular formula is C21H26ClN3O2S. The van der Waals surface area contributed by atoms with Gasteiger partial charge < -0.3 is 19.9 Å². The largest absolute Gasteiger partial charge is 0.497 e. The van der Waals surface area contributed by atoms with Gasteiger partial charge in [-0.25, -0.2) is 0 Å². The number of methoxy groups -OCH3 is 1. The van der Waals surface area contributed by atoms with E-state index in [1.54, 1.807) is 7.11 Å². The molecule has 0 spiro atoms. The number of hydrogen-bond donors (Lipinski definition) is 1. The zero-order chi connectivity index (χ0) is 20.1. The van der Waals surface area contributed by atoms with Gasteiger partial charge in [-0.15, -0.1) is 11.8 Å². The van der Waals surface area contributed by atoms with Crippen molar-refractivity contribution in [3.8, 4) is 5.75 Å². The van der Waals surface area contributed by atoms with E-state index in [2.05, 4.69) is 22.2 Å². The third kappa shape index (κ3) is 5.34. The van der Waals surface area contributed by atoms with E-state index in [0.717, 1.165) is 48.2 Å². The number of anilines is 2. The first kappa shape index (κ1) is 20.8. The van der Waals surface area contributed by atoms with Gasteiger partial charge in [-0.1, -0.05) is 11.6 Å². The third-order valence-corrected chi connectivity index (χ3v) is 6.15. The van der Waals surface area contributed by atoms with Crippen molar-refractivity contribution in [3.63, 3.8) is 0 Å². The predicted molar refractivity (Wildman–Crippen MR) is 118 cm³/mol. The van der Waals surface area contributed by atoms with Crippen molar-refractivity contribution in [2.75, 3.05) is 50.6 Å². The molecule has 1 atom stereocenters. The van der Waals surface area contributed by atoms with Crippen molar-refractivity contribution < 1.29 is 9.53 Å². The number of likely N-dealkylation sites (N-methyl/N-ethyl adjacent to an activating group) is 1. The Balaban J connectivity index is 1.69. The van der Waals surface area contributed by atoms with Gasteiger partial charge in [0.25, 0.3) is 0 Å². The highest BCUT2D eigenvalue weighted by Crippen LogP contribution is 2.32. The summed E-state index contributed by atoms with van der Waals surface area (Å²) in [5.74, 6) is 0.760. The summed E-state index contributed by atoms with van der Waals surface area (Å²) in [6, 6.07) is 13.4. The average Bonchev–Trinajstić information content (AvgIpc) is 2.69. The van der Waals surface area contributed by atoms with E-state index in [-0.39, 0.29) is 11.2 Å². The van der Waals surface area contributed by atoms with E-state index < -0.39 is 0 Å². The first-order valence-electron chi connectivity index (χ1n) is 9.31. The van der Waals surface area contributed by atoms with Crippen molar-refractivity contribution >= 4 is 40.6 Å². The van der Waals surface area contributed by atoms with Gasteiger partial charge in [0.2, 0.25) is 5.91 Å². The number of benzene rings is 2. The van der Waals surface area contributed by atoms with Gasteiger partial charge in [0.15, 0.2) is 0 Å². The average molecular weight is 420 g/mol. The van der Waals surface area contributed by atoms with Crippen LogP contribution in [0.3, 0.4) is 0 Å². The van der Waals surface area contributed by atoms with Gasteiger partial charge in [-0.05, 0) is 56.4 Å². The zero-order valence-electron chi connectivity index (χ0n) is 16.4. The van der Waals surface area contributed by atoms with Crippen molar-refractivity contribution in [2.45, 2.75) is 17.1 Å². The second-order valence-corrected chi connectivity index (χ2v) is 8.73. The Morgan fingerprint density at radius 1 is 1.14 bits per heavy atom. The Morgan fingerprint density at radius 2 is 1.82 bits per heavy atom. The number of hydrogen-bond acceptors (Lipinski definition) is 5. The number of carbonyl (C=O) groups is 1. The number of amides is 1. The number of ether oxygens (including phenoxy) is 1. The van der Waals surface area contributed by atoms with Gasteiger partial charge >= 0.3 is 0 Å². The smallest absolute Gasteiger partial charge is 0.237 e. The minimum atomic E-state index is -0.243. The molecule has 1 amide bonds. The fraction of sp³-hybridized carbons (Fsp3) is 0.381. The van der Waals surface area contributed by atoms with Gasteiger partial charge in [0.1, 0.15) is 5.75 Å². The zero-order valence-corrected chi connectivity index (χ0v) is 18.0. The summed E-state index contributed by atoms with van der Waals surface area (Å²) in [6.07, 6.45) is 0. The fourth-order valence-corrected chi connectivity index (χ4v) is 4.12. The molecule has 1 unspecified atom stereocenters. The van der Waals surface area contributed by atoms with Crippen LogP contribution in [0.4, 0.5) is 11.4 Å². The van der Waals surface area contributed by atoms with Crippen LogP contribution >= 0.6 is 23.4 Å². The lowest BCUT2D eigenvalue weighted by atomic mass is 10.2. The maximum absolute atomic E-state index is 12.8. The summed E-state index contributed by atoms with van der Waals surface area (Å²) >= 11 is 7.72. The fourth-order valence-electron chi connectivity index (χ4n) is 3.08. The molecule has 1 aliphatic heterocycles. The molecule has 0 bridgehead atoms. The number of piperazine rings is 1. The molecule has 1 heterocycles. The Hall–Kier alpha value is -1.89. The molecule has 0 radical (unpaired) electrons. The maximum atomic E-state index is 12.8. The Morgan fingerprint density at radius 3 is 2.46 bits per heavy atom. The quantitative estimate of drug-likeness (QED) is 0.710. The molecule has 0 saturated carbocycles. The van der Waals surface area contributed by atoms with Gasteiger partial charge in [-0.2, -0.15) is 0 Å². The number of rotatable bonds is 6. The molecule has 0 aromatic heterocycles. The summed E-state index contributed by atoms with van der Waals surface area (Å²) in [7, 11) is 3.77. The maximum Gasteiger partial charge on any atom is 0.237 e. The van der Waals surface area contributed by atoms with E-state index >= 15 is 0 Å². The Bertz CT molecular complexity index is 808. The first-order valence-corrected chi connectivity index (χ1v) is 10.6. The molecule has 1 N–H and O–H groups in total. The standard InChI is InChI=1S/C21H26ClN3O2S/c1-15(28-18-7-5-17(27-3)6-8-18)21(26)23-19-14-16(22)4-9-20(19)25-12-10-24(2)11-13-25/h4-9,14-15H,10-13H2,1-3H3,(H,23,26). The van der Waals surface area contributed by atoms with Crippen molar-refractivity contribution in [3.05, 3.63) is 47.5 Å². The lowest BCUT2D eigenvalue weighted by molar-refractivity contribution is -0.115. The third-order valence-electron chi connectivity index (χ3n) is 4.80. The highest BCUT2D eigenvalue weighted by molar-refractivity contribution is 8.00. The van der Waals surface area contributed by atoms with E-state index in [0.29, 0.717) is 5.02 Å². The lowest BCUT2D eigenvalue weighted by Crippen LogP contribution is -2.44.